The van der Waals surface area contributed by atoms with Crippen molar-refractivity contribution in [1.82, 2.24) is 25.0 Å². The molecule has 1 amide bonds. The third-order valence-electron chi connectivity index (χ3n) is 7.02. The quantitative estimate of drug-likeness (QED) is 0.622. The fraction of sp³-hybridized carbons (Fsp3) is 0.444. The molecule has 0 radical (unpaired) electrons. The molecule has 2 bridgehead atoms. The van der Waals surface area contributed by atoms with Crippen molar-refractivity contribution in [3.8, 4) is 17.1 Å². The maximum absolute atomic E-state index is 13.5. The highest BCUT2D eigenvalue weighted by Gasteiger charge is 2.24. The molecule has 7 heteroatoms. The number of ether oxygens (including phenoxy) is 1. The Balaban J connectivity index is 1.32. The van der Waals surface area contributed by atoms with Gasteiger partial charge in [0, 0.05) is 36.8 Å². The Kier molecular flexibility index (Phi) is 7.19. The minimum absolute atomic E-state index is 0.0757. The van der Waals surface area contributed by atoms with Crippen LogP contribution in [-0.4, -0.2) is 69.7 Å². The molecular formula is C27H33N5O2. The van der Waals surface area contributed by atoms with Crippen molar-refractivity contribution in [2.45, 2.75) is 44.6 Å². The zero-order chi connectivity index (χ0) is 23.2. The maximum Gasteiger partial charge on any atom is 0.253 e. The second-order valence-corrected chi connectivity index (χ2v) is 9.28. The van der Waals surface area contributed by atoms with E-state index in [1.807, 2.05) is 35.2 Å². The molecule has 0 saturated carbocycles. The van der Waals surface area contributed by atoms with Crippen LogP contribution in [0.3, 0.4) is 0 Å². The molecule has 2 aromatic carbocycles. The van der Waals surface area contributed by atoms with E-state index in [-0.39, 0.29) is 5.91 Å². The maximum atomic E-state index is 13.5. The molecule has 3 aromatic rings. The fourth-order valence-corrected chi connectivity index (χ4v) is 5.11. The summed E-state index contributed by atoms with van der Waals surface area (Å²) < 4.78 is 6.02. The molecule has 178 valence electrons. The van der Waals surface area contributed by atoms with E-state index in [0.29, 0.717) is 30.6 Å². The van der Waals surface area contributed by atoms with Gasteiger partial charge in [-0.25, -0.2) is 4.98 Å². The minimum atomic E-state index is 0.0757. The van der Waals surface area contributed by atoms with E-state index in [4.69, 9.17) is 4.74 Å². The first kappa shape index (κ1) is 22.6. The Morgan fingerprint density at radius 2 is 1.88 bits per heavy atom. The number of nitrogens with zero attached hydrogens (tertiary/aromatic N) is 4. The van der Waals surface area contributed by atoms with Crippen LogP contribution in [0.2, 0.25) is 0 Å². The smallest absolute Gasteiger partial charge is 0.253 e. The Morgan fingerprint density at radius 1 is 0.971 bits per heavy atom. The number of amides is 1. The number of nitrogens with one attached hydrogen (secondary N) is 1. The van der Waals surface area contributed by atoms with Crippen LogP contribution in [0.15, 0.2) is 54.9 Å². The molecule has 2 aliphatic rings. The lowest BCUT2D eigenvalue weighted by Crippen LogP contribution is -2.45. The van der Waals surface area contributed by atoms with Gasteiger partial charge in [-0.3, -0.25) is 14.8 Å². The van der Waals surface area contributed by atoms with Gasteiger partial charge >= 0.3 is 0 Å². The number of benzene rings is 2. The van der Waals surface area contributed by atoms with E-state index in [1.54, 1.807) is 0 Å². The second kappa shape index (κ2) is 10.8. The molecule has 1 N–H and O–H groups in total. The van der Waals surface area contributed by atoms with E-state index in [1.165, 1.54) is 31.2 Å². The van der Waals surface area contributed by atoms with Gasteiger partial charge in [0.15, 0.2) is 5.82 Å². The monoisotopic (exact) mass is 459 g/mol. The Hall–Kier alpha value is -3.19. The summed E-state index contributed by atoms with van der Waals surface area (Å²) >= 11 is 0. The van der Waals surface area contributed by atoms with Crippen LogP contribution in [0, 0.1) is 0 Å². The molecule has 0 aliphatic carbocycles. The Bertz CT molecular complexity index is 1070. The van der Waals surface area contributed by atoms with Crippen molar-refractivity contribution < 1.29 is 9.53 Å². The molecule has 3 heterocycles. The number of fused-ring (bicyclic) bond motifs is 3. The van der Waals surface area contributed by atoms with Gasteiger partial charge in [0.1, 0.15) is 12.1 Å². The summed E-state index contributed by atoms with van der Waals surface area (Å²) in [5, 5.41) is 6.77. The van der Waals surface area contributed by atoms with Crippen molar-refractivity contribution in [3.63, 3.8) is 0 Å². The van der Waals surface area contributed by atoms with Crippen LogP contribution in [-0.2, 0) is 6.42 Å². The molecule has 1 unspecified atom stereocenters. The first-order valence-corrected chi connectivity index (χ1v) is 12.5. The normalized spacial score (nSPS) is 20.1. The average molecular weight is 460 g/mol. The van der Waals surface area contributed by atoms with Crippen LogP contribution in [0.4, 0.5) is 0 Å². The number of carbonyl (C=O) groups excluding carboxylic acids is 1. The zero-order valence-corrected chi connectivity index (χ0v) is 19.7. The minimum Gasteiger partial charge on any atom is -0.494 e. The highest BCUT2D eigenvalue weighted by atomic mass is 16.5. The number of aromatic nitrogens is 3. The molecule has 1 fully saturated rings. The van der Waals surface area contributed by atoms with Crippen molar-refractivity contribution in [1.29, 1.82) is 0 Å². The predicted molar refractivity (Wildman–Crippen MR) is 132 cm³/mol. The third-order valence-corrected chi connectivity index (χ3v) is 7.02. The Labute approximate surface area is 201 Å². The lowest BCUT2D eigenvalue weighted by atomic mass is 9.95. The Morgan fingerprint density at radius 3 is 2.74 bits per heavy atom. The van der Waals surface area contributed by atoms with Gasteiger partial charge in [0.2, 0.25) is 0 Å². The van der Waals surface area contributed by atoms with Crippen LogP contribution in [0.1, 0.15) is 48.0 Å². The number of aryl methyl sites for hydroxylation is 1. The number of piperidine rings is 1. The molecule has 1 atom stereocenters. The van der Waals surface area contributed by atoms with E-state index < -0.39 is 0 Å². The van der Waals surface area contributed by atoms with Crippen molar-refractivity contribution in [3.05, 3.63) is 66.0 Å². The topological polar surface area (TPSA) is 74.3 Å². The van der Waals surface area contributed by atoms with Gasteiger partial charge in [-0.1, -0.05) is 30.7 Å². The number of rotatable bonds is 2. The first-order valence-electron chi connectivity index (χ1n) is 12.5. The average Bonchev–Trinajstić information content (AvgIpc) is 3.42. The number of hydrogen-bond donors (Lipinski definition) is 1. The van der Waals surface area contributed by atoms with E-state index in [9.17, 15) is 4.79 Å². The van der Waals surface area contributed by atoms with Crippen molar-refractivity contribution in [2.24, 2.45) is 0 Å². The lowest BCUT2D eigenvalue weighted by Gasteiger charge is -2.37. The van der Waals surface area contributed by atoms with Gasteiger partial charge in [0.05, 0.1) is 6.61 Å². The van der Waals surface area contributed by atoms with Crippen molar-refractivity contribution in [2.75, 3.05) is 32.8 Å². The summed E-state index contributed by atoms with van der Waals surface area (Å²) in [6, 6.07) is 16.7. The van der Waals surface area contributed by atoms with E-state index >= 15 is 0 Å². The lowest BCUT2D eigenvalue weighted by molar-refractivity contribution is 0.0682. The van der Waals surface area contributed by atoms with Crippen molar-refractivity contribution >= 4 is 5.91 Å². The number of carbonyl (C=O) groups is 1. The van der Waals surface area contributed by atoms with Gasteiger partial charge in [0.25, 0.3) is 5.91 Å². The summed E-state index contributed by atoms with van der Waals surface area (Å²) in [6.07, 6.45) is 8.30. The molecule has 1 saturated heterocycles. The molecule has 5 rings (SSSR count). The zero-order valence-electron chi connectivity index (χ0n) is 19.7. The van der Waals surface area contributed by atoms with Crippen LogP contribution >= 0.6 is 0 Å². The van der Waals surface area contributed by atoms with Gasteiger partial charge < -0.3 is 9.64 Å². The van der Waals surface area contributed by atoms with Crippen LogP contribution < -0.4 is 4.74 Å². The summed E-state index contributed by atoms with van der Waals surface area (Å²) in [7, 11) is 0. The van der Waals surface area contributed by atoms with Crippen LogP contribution in [0.5, 0.6) is 5.75 Å². The van der Waals surface area contributed by atoms with E-state index in [2.05, 4.69) is 38.3 Å². The molecule has 7 nitrogen and oxygen atoms in total. The SMILES string of the molecule is O=C(c1ccc(-c2ncn[nH]2)cc1)N1CCCOc2cccc(c2)CCC2CCCCN2CC1. The first-order chi connectivity index (χ1) is 16.8. The third kappa shape index (κ3) is 5.47. The molecular weight excluding hydrogens is 426 g/mol. The van der Waals surface area contributed by atoms with Gasteiger partial charge in [-0.15, -0.1) is 0 Å². The number of aromatic amines is 1. The highest BCUT2D eigenvalue weighted by molar-refractivity contribution is 5.94. The van der Waals surface area contributed by atoms with Gasteiger partial charge in [-0.2, -0.15) is 5.10 Å². The summed E-state index contributed by atoms with van der Waals surface area (Å²) in [6.45, 7) is 4.07. The van der Waals surface area contributed by atoms with E-state index in [0.717, 1.165) is 50.2 Å². The van der Waals surface area contributed by atoms with Gasteiger partial charge in [-0.05, 0) is 68.5 Å². The molecule has 0 spiro atoms. The molecule has 2 aliphatic heterocycles. The highest BCUT2D eigenvalue weighted by Crippen LogP contribution is 2.23. The standard InChI is InChI=1S/C27H33N5O2/c33-27(23-11-9-22(10-12-23)26-28-20-29-30-26)32-15-4-18-34-25-7-3-5-21(19-25)8-13-24-6-1-2-14-31(24)16-17-32/h3,5,7,9-12,19-20,24H,1-2,4,6,8,13-18H2,(H,28,29,30). The molecule has 1 aromatic heterocycles. The largest absolute Gasteiger partial charge is 0.494 e. The van der Waals surface area contributed by atoms with Crippen LogP contribution in [0.25, 0.3) is 11.4 Å². The predicted octanol–water partition coefficient (Wildman–Crippen LogP) is 4.18. The number of hydrogen-bond acceptors (Lipinski definition) is 5. The summed E-state index contributed by atoms with van der Waals surface area (Å²) in [5.41, 5.74) is 2.97. The summed E-state index contributed by atoms with van der Waals surface area (Å²) in [5.74, 6) is 1.71. The summed E-state index contributed by atoms with van der Waals surface area (Å²) in [4.78, 5) is 22.3. The second-order valence-electron chi connectivity index (χ2n) is 9.28. The fourth-order valence-electron chi connectivity index (χ4n) is 5.11. The number of H-pyrrole nitrogens is 1. The molecule has 34 heavy (non-hydrogen) atoms.